The second-order valence-electron chi connectivity index (χ2n) is 7.28. The largest absolute Gasteiger partial charge is 0.477 e. The van der Waals surface area contributed by atoms with Crippen molar-refractivity contribution in [2.24, 2.45) is 0 Å². The third kappa shape index (κ3) is 2.56. The molecule has 2 saturated heterocycles. The van der Waals surface area contributed by atoms with Crippen molar-refractivity contribution in [3.05, 3.63) is 23.6 Å². The third-order valence-corrected chi connectivity index (χ3v) is 5.45. The summed E-state index contributed by atoms with van der Waals surface area (Å²) in [4.78, 5) is 18.1. The van der Waals surface area contributed by atoms with E-state index in [1.54, 1.807) is 10.7 Å². The molecule has 3 aliphatic rings. The van der Waals surface area contributed by atoms with E-state index in [1.807, 2.05) is 11.8 Å². The minimum absolute atomic E-state index is 0.00295. The first-order valence-electron chi connectivity index (χ1n) is 9.07. The van der Waals surface area contributed by atoms with Gasteiger partial charge >= 0.3 is 5.97 Å². The number of fused-ring (bicyclic) bond motifs is 3. The van der Waals surface area contributed by atoms with Crippen LogP contribution in [-0.2, 0) is 11.3 Å². The fraction of sp³-hybridized carbons (Fsp3) is 0.500. The Balaban J connectivity index is 1.66. The molecule has 0 radical (unpaired) electrons. The van der Waals surface area contributed by atoms with Gasteiger partial charge in [-0.2, -0.15) is 9.49 Å². The van der Waals surface area contributed by atoms with Crippen molar-refractivity contribution in [2.75, 3.05) is 18.1 Å². The normalized spacial score (nSPS) is 26.1. The number of morpholine rings is 1. The van der Waals surface area contributed by atoms with Gasteiger partial charge in [0.25, 0.3) is 0 Å². The van der Waals surface area contributed by atoms with E-state index in [4.69, 9.17) is 9.47 Å². The highest BCUT2D eigenvalue weighted by Crippen LogP contribution is 2.40. The molecule has 3 atom stereocenters. The maximum atomic E-state index is 14.0. The molecule has 0 aromatic carbocycles. The van der Waals surface area contributed by atoms with Gasteiger partial charge in [0.15, 0.2) is 0 Å². The average Bonchev–Trinajstić information content (AvgIpc) is 3.34. The van der Waals surface area contributed by atoms with Crippen LogP contribution in [-0.4, -0.2) is 57.2 Å². The zero-order valence-corrected chi connectivity index (χ0v) is 14.8. The highest BCUT2D eigenvalue weighted by Gasteiger charge is 2.41. The zero-order valence-electron chi connectivity index (χ0n) is 14.8. The first-order valence-corrected chi connectivity index (χ1v) is 9.07. The molecule has 0 aliphatic carbocycles. The number of ether oxygens (including phenoxy) is 2. The number of carbonyl (C=O) groups is 1. The van der Waals surface area contributed by atoms with Gasteiger partial charge in [0.05, 0.1) is 24.9 Å². The molecule has 8 nitrogen and oxygen atoms in total. The Kier molecular flexibility index (Phi) is 3.61. The number of hydrogen-bond acceptors (Lipinski definition) is 6. The van der Waals surface area contributed by atoms with Crippen LogP contribution >= 0.6 is 0 Å². The van der Waals surface area contributed by atoms with Crippen LogP contribution in [0, 0.1) is 5.95 Å². The van der Waals surface area contributed by atoms with Crippen LogP contribution in [0.4, 0.5) is 10.2 Å². The molecule has 2 fully saturated rings. The van der Waals surface area contributed by atoms with E-state index in [-0.39, 0.29) is 35.4 Å². The summed E-state index contributed by atoms with van der Waals surface area (Å²) in [5.74, 6) is -1.07. The minimum Gasteiger partial charge on any atom is -0.477 e. The maximum Gasteiger partial charge on any atom is 0.343 e. The number of carboxylic acid groups (broad SMARTS) is 1. The molecule has 27 heavy (non-hydrogen) atoms. The third-order valence-electron chi connectivity index (χ3n) is 5.45. The number of aryl methyl sites for hydroxylation is 1. The smallest absolute Gasteiger partial charge is 0.343 e. The van der Waals surface area contributed by atoms with Gasteiger partial charge in [-0.1, -0.05) is 0 Å². The Morgan fingerprint density at radius 3 is 2.96 bits per heavy atom. The summed E-state index contributed by atoms with van der Waals surface area (Å²) in [6.07, 6.45) is 1.63. The SMILES string of the molecule is C[C@@H]1CCn2nc(-c3ccc(F)nc3N3C[C@H]4C[C@@H]3CO4)c(C(=O)O)c2O1. The van der Waals surface area contributed by atoms with E-state index < -0.39 is 11.9 Å². The number of anilines is 1. The van der Waals surface area contributed by atoms with Crippen molar-refractivity contribution < 1.29 is 23.8 Å². The van der Waals surface area contributed by atoms with Crippen molar-refractivity contribution in [3.8, 4) is 17.1 Å². The molecule has 9 heteroatoms. The molecule has 2 bridgehead atoms. The van der Waals surface area contributed by atoms with Gasteiger partial charge in [-0.05, 0) is 25.5 Å². The van der Waals surface area contributed by atoms with E-state index >= 15 is 0 Å². The van der Waals surface area contributed by atoms with Crippen LogP contribution in [0.2, 0.25) is 0 Å². The van der Waals surface area contributed by atoms with Crippen molar-refractivity contribution in [2.45, 2.75) is 44.6 Å². The number of aromatic nitrogens is 3. The second-order valence-corrected chi connectivity index (χ2v) is 7.28. The molecule has 0 saturated carbocycles. The second kappa shape index (κ2) is 5.91. The number of aromatic carboxylic acids is 1. The lowest BCUT2D eigenvalue weighted by Gasteiger charge is -2.29. The minimum atomic E-state index is -1.12. The number of pyridine rings is 1. The Labute approximate surface area is 154 Å². The molecular weight excluding hydrogens is 355 g/mol. The van der Waals surface area contributed by atoms with Gasteiger partial charge in [0, 0.05) is 25.1 Å². The molecule has 5 rings (SSSR count). The summed E-state index contributed by atoms with van der Waals surface area (Å²) in [6.45, 7) is 3.64. The molecule has 2 aromatic heterocycles. The van der Waals surface area contributed by atoms with Gasteiger partial charge in [0.2, 0.25) is 11.8 Å². The summed E-state index contributed by atoms with van der Waals surface area (Å²) in [5.41, 5.74) is 0.758. The van der Waals surface area contributed by atoms with E-state index in [0.717, 1.165) is 12.8 Å². The van der Waals surface area contributed by atoms with Gasteiger partial charge in [0.1, 0.15) is 17.1 Å². The standard InChI is InChI=1S/C18H19FN4O4/c1-9-4-5-23-17(27-9)14(18(24)25)15(21-23)12-2-3-13(19)20-16(12)22-7-11-6-10(22)8-26-11/h2-3,9-11H,4-8H2,1H3,(H,24,25)/t9-,10-,11-/m1/s1. The lowest BCUT2D eigenvalue weighted by molar-refractivity contribution is 0.0684. The average molecular weight is 374 g/mol. The van der Waals surface area contributed by atoms with E-state index in [9.17, 15) is 14.3 Å². The van der Waals surface area contributed by atoms with Gasteiger partial charge in [-0.25, -0.2) is 14.5 Å². The molecule has 2 aromatic rings. The molecule has 3 aliphatic heterocycles. The van der Waals surface area contributed by atoms with Crippen LogP contribution in [0.1, 0.15) is 30.1 Å². The lowest BCUT2D eigenvalue weighted by Crippen LogP contribution is -2.38. The maximum absolute atomic E-state index is 14.0. The summed E-state index contributed by atoms with van der Waals surface area (Å²) >= 11 is 0. The van der Waals surface area contributed by atoms with Crippen LogP contribution in [0.25, 0.3) is 11.3 Å². The molecule has 0 spiro atoms. The van der Waals surface area contributed by atoms with Crippen molar-refractivity contribution in [1.29, 1.82) is 0 Å². The quantitative estimate of drug-likeness (QED) is 0.821. The van der Waals surface area contributed by atoms with E-state index in [0.29, 0.717) is 31.1 Å². The van der Waals surface area contributed by atoms with E-state index in [2.05, 4.69) is 10.1 Å². The molecule has 142 valence electrons. The highest BCUT2D eigenvalue weighted by atomic mass is 19.1. The molecule has 0 unspecified atom stereocenters. The number of halogens is 1. The number of rotatable bonds is 3. The van der Waals surface area contributed by atoms with Crippen LogP contribution < -0.4 is 9.64 Å². The topological polar surface area (TPSA) is 89.7 Å². The summed E-state index contributed by atoms with van der Waals surface area (Å²) in [7, 11) is 0. The fourth-order valence-corrected chi connectivity index (χ4v) is 4.14. The lowest BCUT2D eigenvalue weighted by atomic mass is 10.1. The van der Waals surface area contributed by atoms with Crippen molar-refractivity contribution in [3.63, 3.8) is 0 Å². The summed E-state index contributed by atoms with van der Waals surface area (Å²) < 4.78 is 26.9. The predicted octanol–water partition coefficient (Wildman–Crippen LogP) is 1.93. The first kappa shape index (κ1) is 16.5. The Hall–Kier alpha value is -2.68. The van der Waals surface area contributed by atoms with Gasteiger partial charge in [-0.3, -0.25) is 0 Å². The van der Waals surface area contributed by atoms with Crippen LogP contribution in [0.5, 0.6) is 5.88 Å². The number of hydrogen-bond donors (Lipinski definition) is 1. The Morgan fingerprint density at radius 1 is 1.41 bits per heavy atom. The van der Waals surface area contributed by atoms with Crippen LogP contribution in [0.3, 0.4) is 0 Å². The first-order chi connectivity index (χ1) is 13.0. The predicted molar refractivity (Wildman–Crippen MR) is 92.6 cm³/mol. The Morgan fingerprint density at radius 2 is 2.26 bits per heavy atom. The number of carboxylic acids is 1. The van der Waals surface area contributed by atoms with Crippen molar-refractivity contribution >= 4 is 11.8 Å². The van der Waals surface area contributed by atoms with Gasteiger partial charge in [-0.15, -0.1) is 0 Å². The summed E-state index contributed by atoms with van der Waals surface area (Å²) in [5, 5.41) is 14.3. The number of nitrogens with zero attached hydrogens (tertiary/aromatic N) is 4. The molecule has 5 heterocycles. The van der Waals surface area contributed by atoms with Crippen molar-refractivity contribution in [1.82, 2.24) is 14.8 Å². The highest BCUT2D eigenvalue weighted by molar-refractivity contribution is 5.99. The molecular formula is C18H19FN4O4. The van der Waals surface area contributed by atoms with Gasteiger partial charge < -0.3 is 19.5 Å². The monoisotopic (exact) mass is 374 g/mol. The summed E-state index contributed by atoms with van der Waals surface area (Å²) in [6, 6.07) is 2.90. The van der Waals surface area contributed by atoms with E-state index in [1.165, 1.54) is 6.07 Å². The van der Waals surface area contributed by atoms with Crippen LogP contribution in [0.15, 0.2) is 12.1 Å². The molecule has 0 amide bonds. The zero-order chi connectivity index (χ0) is 18.7. The Bertz CT molecular complexity index is 930. The molecule has 1 N–H and O–H groups in total. The fourth-order valence-electron chi connectivity index (χ4n) is 4.14.